The number of carbonyl (C=O) groups is 2. The van der Waals surface area contributed by atoms with Gasteiger partial charge in [-0.2, -0.15) is 0 Å². The largest absolute Gasteiger partial charge is 0.507 e. The van der Waals surface area contributed by atoms with E-state index in [2.05, 4.69) is 5.16 Å². The first-order valence-corrected chi connectivity index (χ1v) is 9.92. The lowest BCUT2D eigenvalue weighted by molar-refractivity contribution is -0.132. The molecule has 1 aromatic heterocycles. The van der Waals surface area contributed by atoms with E-state index in [1.807, 2.05) is 31.2 Å². The van der Waals surface area contributed by atoms with E-state index >= 15 is 0 Å². The highest BCUT2D eigenvalue weighted by Gasteiger charge is 2.48. The van der Waals surface area contributed by atoms with Crippen LogP contribution in [0.25, 0.3) is 5.76 Å². The third-order valence-electron chi connectivity index (χ3n) is 5.37. The zero-order valence-electron chi connectivity index (χ0n) is 17.5. The van der Waals surface area contributed by atoms with Crippen molar-refractivity contribution in [3.8, 4) is 5.75 Å². The number of hydrogen-bond acceptors (Lipinski definition) is 6. The van der Waals surface area contributed by atoms with E-state index < -0.39 is 17.7 Å². The first kappa shape index (κ1) is 20.4. The van der Waals surface area contributed by atoms with Gasteiger partial charge in [-0.15, -0.1) is 0 Å². The van der Waals surface area contributed by atoms with Crippen molar-refractivity contribution in [1.82, 2.24) is 5.16 Å². The summed E-state index contributed by atoms with van der Waals surface area (Å²) in [6.45, 7) is 3.75. The van der Waals surface area contributed by atoms with Gasteiger partial charge in [-0.1, -0.05) is 36.3 Å². The van der Waals surface area contributed by atoms with Crippen LogP contribution in [0, 0.1) is 6.92 Å². The molecule has 0 saturated carbocycles. The van der Waals surface area contributed by atoms with Crippen molar-refractivity contribution >= 4 is 23.3 Å². The number of carbonyl (C=O) groups excluding carboxylic acids is 2. The Labute approximate surface area is 179 Å². The number of aliphatic hydroxyl groups is 1. The summed E-state index contributed by atoms with van der Waals surface area (Å²) in [5.41, 5.74) is 2.21. The molecule has 2 aromatic carbocycles. The van der Waals surface area contributed by atoms with Gasteiger partial charge < -0.3 is 14.4 Å². The van der Waals surface area contributed by atoms with Crippen LogP contribution >= 0.6 is 0 Å². The molecule has 7 nitrogen and oxygen atoms in total. The highest BCUT2D eigenvalue weighted by molar-refractivity contribution is 6.51. The smallest absolute Gasteiger partial charge is 0.301 e. The van der Waals surface area contributed by atoms with Crippen LogP contribution in [0.3, 0.4) is 0 Å². The van der Waals surface area contributed by atoms with Crippen LogP contribution in [0.5, 0.6) is 5.75 Å². The van der Waals surface area contributed by atoms with E-state index in [0.717, 1.165) is 12.0 Å². The van der Waals surface area contributed by atoms with Crippen LogP contribution < -0.4 is 9.64 Å². The lowest BCUT2D eigenvalue weighted by Gasteiger charge is -2.23. The number of rotatable bonds is 5. The summed E-state index contributed by atoms with van der Waals surface area (Å²) in [6, 6.07) is 15.0. The molecule has 3 aromatic rings. The second kappa shape index (κ2) is 8.10. The van der Waals surface area contributed by atoms with Crippen molar-refractivity contribution in [2.24, 2.45) is 0 Å². The summed E-state index contributed by atoms with van der Waals surface area (Å²) in [5, 5.41) is 15.0. The van der Waals surface area contributed by atoms with Gasteiger partial charge in [0.05, 0.1) is 18.7 Å². The molecular weight excluding hydrogens is 396 g/mol. The minimum atomic E-state index is -0.836. The quantitative estimate of drug-likeness (QED) is 0.380. The second-order valence-corrected chi connectivity index (χ2v) is 7.29. The van der Waals surface area contributed by atoms with Gasteiger partial charge in [0.25, 0.3) is 5.78 Å². The molecule has 0 aliphatic carbocycles. The minimum absolute atomic E-state index is 0.0000633. The van der Waals surface area contributed by atoms with Crippen molar-refractivity contribution in [1.29, 1.82) is 0 Å². The number of methoxy groups -OCH3 is 1. The topological polar surface area (TPSA) is 92.9 Å². The van der Waals surface area contributed by atoms with Crippen molar-refractivity contribution in [2.75, 3.05) is 12.0 Å². The minimum Gasteiger partial charge on any atom is -0.507 e. The van der Waals surface area contributed by atoms with Gasteiger partial charge in [0, 0.05) is 11.6 Å². The molecule has 1 atom stereocenters. The molecular formula is C24H22N2O5. The number of aliphatic hydroxyl groups excluding tert-OH is 1. The molecule has 7 heteroatoms. The van der Waals surface area contributed by atoms with E-state index in [9.17, 15) is 14.7 Å². The summed E-state index contributed by atoms with van der Waals surface area (Å²) >= 11 is 0. The summed E-state index contributed by atoms with van der Waals surface area (Å²) in [6.07, 6.45) is 0.856. The van der Waals surface area contributed by atoms with Crippen molar-refractivity contribution in [2.45, 2.75) is 26.3 Å². The van der Waals surface area contributed by atoms with E-state index in [0.29, 0.717) is 22.6 Å². The van der Waals surface area contributed by atoms with Gasteiger partial charge in [-0.3, -0.25) is 14.5 Å². The summed E-state index contributed by atoms with van der Waals surface area (Å²) in [7, 11) is 1.54. The predicted molar refractivity (Wildman–Crippen MR) is 115 cm³/mol. The van der Waals surface area contributed by atoms with Gasteiger partial charge >= 0.3 is 5.91 Å². The molecule has 1 amide bonds. The number of ketones is 1. The van der Waals surface area contributed by atoms with Gasteiger partial charge in [-0.25, -0.2) is 0 Å². The van der Waals surface area contributed by atoms with E-state index in [4.69, 9.17) is 9.26 Å². The number of nitrogens with zero attached hydrogens (tertiary/aromatic N) is 2. The first-order chi connectivity index (χ1) is 14.9. The van der Waals surface area contributed by atoms with Crippen LogP contribution in [0.1, 0.15) is 35.4 Å². The molecule has 31 heavy (non-hydrogen) atoms. The standard InChI is InChI=1S/C24H22N2O5/c1-4-15-5-7-16(8-6-15)21-20(22(27)17-9-11-18(30-3)12-10-17)23(28)24(29)26(21)19-13-14(2)31-25-19/h5-13,21,27H,4H2,1-3H3/b22-20+. The van der Waals surface area contributed by atoms with Crippen molar-refractivity contribution in [3.05, 3.63) is 82.6 Å². The number of ether oxygens (including phenoxy) is 1. The van der Waals surface area contributed by atoms with Crippen LogP contribution in [-0.2, 0) is 16.0 Å². The van der Waals surface area contributed by atoms with Crippen LogP contribution in [0.15, 0.2) is 64.7 Å². The Morgan fingerprint density at radius 1 is 1.13 bits per heavy atom. The SMILES string of the molecule is CCc1ccc(C2/C(=C(\O)c3ccc(OC)cc3)C(=O)C(=O)N2c2cc(C)on2)cc1. The number of benzene rings is 2. The Balaban J connectivity index is 1.90. The maximum Gasteiger partial charge on any atom is 0.301 e. The number of amides is 1. The third-order valence-corrected chi connectivity index (χ3v) is 5.37. The van der Waals surface area contributed by atoms with Crippen LogP contribution in [0.4, 0.5) is 5.82 Å². The highest BCUT2D eigenvalue weighted by atomic mass is 16.5. The predicted octanol–water partition coefficient (Wildman–Crippen LogP) is 4.18. The number of Topliss-reactive ketones (excluding diaryl/α,β-unsaturated/α-hetero) is 1. The van der Waals surface area contributed by atoms with Crippen LogP contribution in [0.2, 0.25) is 0 Å². The van der Waals surface area contributed by atoms with Gasteiger partial charge in [0.15, 0.2) is 5.82 Å². The molecule has 1 aliphatic rings. The van der Waals surface area contributed by atoms with E-state index in [1.54, 1.807) is 44.4 Å². The molecule has 1 aliphatic heterocycles. The Morgan fingerprint density at radius 3 is 2.35 bits per heavy atom. The molecule has 1 fully saturated rings. The molecule has 158 valence electrons. The maximum absolute atomic E-state index is 13.0. The summed E-state index contributed by atoms with van der Waals surface area (Å²) in [4.78, 5) is 27.3. The average Bonchev–Trinajstić information content (AvgIpc) is 3.34. The molecule has 0 bridgehead atoms. The number of aromatic nitrogens is 1. The Morgan fingerprint density at radius 2 is 1.81 bits per heavy atom. The van der Waals surface area contributed by atoms with Gasteiger partial charge in [-0.05, 0) is 48.7 Å². The normalized spacial score (nSPS) is 17.9. The Bertz CT molecular complexity index is 1160. The fourth-order valence-corrected chi connectivity index (χ4v) is 3.69. The van der Waals surface area contributed by atoms with Gasteiger partial charge in [0.2, 0.25) is 0 Å². The van der Waals surface area contributed by atoms with E-state index in [-0.39, 0.29) is 17.2 Å². The maximum atomic E-state index is 13.0. The fourth-order valence-electron chi connectivity index (χ4n) is 3.69. The Hall–Kier alpha value is -3.87. The molecule has 4 rings (SSSR count). The van der Waals surface area contributed by atoms with Crippen molar-refractivity contribution in [3.63, 3.8) is 0 Å². The fraction of sp³-hybridized carbons (Fsp3) is 0.208. The lowest BCUT2D eigenvalue weighted by atomic mass is 9.94. The highest BCUT2D eigenvalue weighted by Crippen LogP contribution is 2.42. The lowest BCUT2D eigenvalue weighted by Crippen LogP contribution is -2.29. The zero-order valence-corrected chi connectivity index (χ0v) is 17.5. The van der Waals surface area contributed by atoms with Crippen molar-refractivity contribution < 1.29 is 24.0 Å². The monoisotopic (exact) mass is 418 g/mol. The number of hydrogen-bond donors (Lipinski definition) is 1. The Kier molecular flexibility index (Phi) is 5.33. The molecule has 0 radical (unpaired) electrons. The number of anilines is 1. The third kappa shape index (κ3) is 3.59. The zero-order chi connectivity index (χ0) is 22.1. The molecule has 0 spiro atoms. The summed E-state index contributed by atoms with van der Waals surface area (Å²) < 4.78 is 10.3. The van der Waals surface area contributed by atoms with Gasteiger partial charge in [0.1, 0.15) is 17.3 Å². The number of aryl methyl sites for hydroxylation is 2. The molecule has 1 N–H and O–H groups in total. The van der Waals surface area contributed by atoms with Crippen LogP contribution in [-0.4, -0.2) is 29.1 Å². The second-order valence-electron chi connectivity index (χ2n) is 7.29. The molecule has 1 saturated heterocycles. The summed E-state index contributed by atoms with van der Waals surface area (Å²) in [5.74, 6) is -0.466. The van der Waals surface area contributed by atoms with E-state index in [1.165, 1.54) is 4.90 Å². The molecule has 1 unspecified atom stereocenters. The first-order valence-electron chi connectivity index (χ1n) is 9.92. The molecule has 2 heterocycles. The average molecular weight is 418 g/mol.